The number of aliphatic hydroxyl groups excluding tert-OH is 1. The van der Waals surface area contributed by atoms with Gasteiger partial charge in [0.2, 0.25) is 11.8 Å². The topological polar surface area (TPSA) is 139 Å². The average molecular weight is 619 g/mol. The number of nitrogens with one attached hydrogen (secondary N) is 2. The second kappa shape index (κ2) is 12.5. The van der Waals surface area contributed by atoms with Gasteiger partial charge in [-0.25, -0.2) is 9.37 Å². The minimum atomic E-state index is -1.95. The fourth-order valence-electron chi connectivity index (χ4n) is 5.23. The molecule has 43 heavy (non-hydrogen) atoms. The molecule has 1 aromatic carbocycles. The highest BCUT2D eigenvalue weighted by Crippen LogP contribution is 2.40. The van der Waals surface area contributed by atoms with Crippen molar-refractivity contribution in [3.63, 3.8) is 0 Å². The molecule has 3 N–H and O–H groups in total. The Morgan fingerprint density at radius 2 is 1.98 bits per heavy atom. The first-order valence-electron chi connectivity index (χ1n) is 14.5. The molecular weight excluding hydrogens is 579 g/mol. The van der Waals surface area contributed by atoms with E-state index in [2.05, 4.69) is 15.6 Å². The molecule has 234 valence electrons. The number of alkyl halides is 1. The largest absolute Gasteiger partial charge is 0.488 e. The Bertz CT molecular complexity index is 1350. The van der Waals surface area contributed by atoms with Gasteiger partial charge in [0.25, 0.3) is 5.91 Å². The van der Waals surface area contributed by atoms with E-state index in [9.17, 15) is 23.9 Å². The van der Waals surface area contributed by atoms with Crippen molar-refractivity contribution in [2.75, 3.05) is 26.4 Å². The van der Waals surface area contributed by atoms with Crippen LogP contribution in [-0.4, -0.2) is 89.2 Å². The number of benzene rings is 1. The Balaban J connectivity index is 1.30. The maximum absolute atomic E-state index is 14.4. The standard InChI is InChI=1S/C30H39FN4O7S/c1-17-24(43-16-33-17)18-5-6-19(22(11-18)42-15-23-40-9-10-41-23)13-32-26(37)21-12-20(36)14-35(21)27(38)25(29(2,3)4)34-28(39)30(31)7-8-30/h5-6,11,16,20-21,23,25,36H,7-10,12-15H2,1-4H3,(H,32,37)(H,34,39)/t20-,21+,25?/m1/s1. The summed E-state index contributed by atoms with van der Waals surface area (Å²) in [5.41, 5.74) is 1.59. The zero-order valence-corrected chi connectivity index (χ0v) is 25.7. The fourth-order valence-corrected chi connectivity index (χ4v) is 6.04. The lowest BCUT2D eigenvalue weighted by Crippen LogP contribution is -2.59. The van der Waals surface area contributed by atoms with E-state index in [1.54, 1.807) is 26.3 Å². The van der Waals surface area contributed by atoms with Gasteiger partial charge < -0.3 is 34.9 Å². The summed E-state index contributed by atoms with van der Waals surface area (Å²) in [5.74, 6) is -1.27. The number of halogens is 1. The molecule has 2 aromatic rings. The van der Waals surface area contributed by atoms with Gasteiger partial charge >= 0.3 is 0 Å². The lowest BCUT2D eigenvalue weighted by molar-refractivity contribution is -0.145. The van der Waals surface area contributed by atoms with E-state index in [4.69, 9.17) is 14.2 Å². The number of aliphatic hydroxyl groups is 1. The predicted molar refractivity (Wildman–Crippen MR) is 156 cm³/mol. The normalized spacial score (nSPS) is 22.3. The summed E-state index contributed by atoms with van der Waals surface area (Å²) in [7, 11) is 0. The SMILES string of the molecule is Cc1ncsc1-c1ccc(CNC(=O)[C@@H]2C[C@@H](O)CN2C(=O)C(NC(=O)C2(F)CC2)C(C)(C)C)c(OCC2OCCO2)c1. The van der Waals surface area contributed by atoms with Gasteiger partial charge in [-0.1, -0.05) is 32.9 Å². The molecule has 0 spiro atoms. The first-order valence-corrected chi connectivity index (χ1v) is 15.4. The molecule has 3 fully saturated rings. The quantitative estimate of drug-likeness (QED) is 0.369. The monoisotopic (exact) mass is 618 g/mol. The number of hydrogen-bond donors (Lipinski definition) is 3. The number of amides is 3. The Morgan fingerprint density at radius 3 is 2.60 bits per heavy atom. The molecule has 0 bridgehead atoms. The van der Waals surface area contributed by atoms with Crippen LogP contribution in [0, 0.1) is 12.3 Å². The van der Waals surface area contributed by atoms with Crippen LogP contribution in [0.15, 0.2) is 23.7 Å². The van der Waals surface area contributed by atoms with Crippen LogP contribution in [0.5, 0.6) is 5.75 Å². The van der Waals surface area contributed by atoms with Crippen LogP contribution in [-0.2, 0) is 30.4 Å². The summed E-state index contributed by atoms with van der Waals surface area (Å²) in [6.45, 7) is 8.40. The molecule has 3 heterocycles. The van der Waals surface area contributed by atoms with Gasteiger partial charge in [0.15, 0.2) is 12.0 Å². The van der Waals surface area contributed by atoms with Crippen LogP contribution in [0.2, 0.25) is 0 Å². The third-order valence-electron chi connectivity index (χ3n) is 7.94. The Hall–Kier alpha value is -3.13. The maximum atomic E-state index is 14.4. The maximum Gasteiger partial charge on any atom is 0.258 e. The number of hydrogen-bond acceptors (Lipinski definition) is 9. The number of aromatic nitrogens is 1. The molecule has 13 heteroatoms. The summed E-state index contributed by atoms with van der Waals surface area (Å²) in [6.07, 6.45) is -1.12. The van der Waals surface area contributed by atoms with Gasteiger partial charge in [0.1, 0.15) is 24.4 Å². The smallest absolute Gasteiger partial charge is 0.258 e. The minimum absolute atomic E-state index is 0.0404. The van der Waals surface area contributed by atoms with Crippen molar-refractivity contribution < 1.29 is 38.1 Å². The van der Waals surface area contributed by atoms with Gasteiger partial charge in [-0.3, -0.25) is 14.4 Å². The van der Waals surface area contributed by atoms with Crippen molar-refractivity contribution in [2.45, 2.75) is 83.6 Å². The van der Waals surface area contributed by atoms with Crippen molar-refractivity contribution in [2.24, 2.45) is 5.41 Å². The number of ether oxygens (including phenoxy) is 3. The van der Waals surface area contributed by atoms with Crippen LogP contribution < -0.4 is 15.4 Å². The lowest BCUT2D eigenvalue weighted by Gasteiger charge is -2.35. The molecule has 11 nitrogen and oxygen atoms in total. The number of β-amino-alcohol motifs (C(OH)–C–C–N with tert-alkyl or cyclic N) is 1. The third-order valence-corrected chi connectivity index (χ3v) is 8.92. The number of likely N-dealkylation sites (tertiary alicyclic amines) is 1. The Morgan fingerprint density at radius 1 is 1.26 bits per heavy atom. The summed E-state index contributed by atoms with van der Waals surface area (Å²) in [4.78, 5) is 46.3. The molecule has 2 aliphatic heterocycles. The van der Waals surface area contributed by atoms with Crippen LogP contribution in [0.25, 0.3) is 10.4 Å². The summed E-state index contributed by atoms with van der Waals surface area (Å²) in [6, 6.07) is 3.65. The van der Waals surface area contributed by atoms with E-state index in [0.717, 1.165) is 16.1 Å². The molecule has 2 saturated heterocycles. The van der Waals surface area contributed by atoms with E-state index in [1.165, 1.54) is 16.2 Å². The number of carbonyl (C=O) groups is 3. The number of thiazole rings is 1. The van der Waals surface area contributed by atoms with Crippen LogP contribution in [0.1, 0.15) is 51.3 Å². The van der Waals surface area contributed by atoms with Gasteiger partial charge in [-0.15, -0.1) is 11.3 Å². The summed E-state index contributed by atoms with van der Waals surface area (Å²) < 4.78 is 31.5. The van der Waals surface area contributed by atoms with E-state index >= 15 is 0 Å². The average Bonchev–Trinajstić information content (AvgIpc) is 3.34. The van der Waals surface area contributed by atoms with Crippen LogP contribution in [0.3, 0.4) is 0 Å². The molecule has 1 aliphatic carbocycles. The van der Waals surface area contributed by atoms with E-state index < -0.39 is 53.3 Å². The fraction of sp³-hybridized carbons (Fsp3) is 0.600. The predicted octanol–water partition coefficient (Wildman–Crippen LogP) is 2.48. The van der Waals surface area contributed by atoms with Crippen molar-refractivity contribution in [3.05, 3.63) is 35.0 Å². The van der Waals surface area contributed by atoms with Gasteiger partial charge in [0, 0.05) is 25.1 Å². The molecule has 1 unspecified atom stereocenters. The number of nitrogens with zero attached hydrogens (tertiary/aromatic N) is 2. The van der Waals surface area contributed by atoms with Crippen molar-refractivity contribution in [1.29, 1.82) is 0 Å². The summed E-state index contributed by atoms with van der Waals surface area (Å²) in [5, 5.41) is 15.9. The molecular formula is C30H39FN4O7S. The summed E-state index contributed by atoms with van der Waals surface area (Å²) >= 11 is 1.52. The number of aryl methyl sites for hydroxylation is 1. The lowest BCUT2D eigenvalue weighted by atomic mass is 9.85. The van der Waals surface area contributed by atoms with Gasteiger partial charge in [-0.2, -0.15) is 0 Å². The molecule has 1 aromatic heterocycles. The third kappa shape index (κ3) is 7.17. The Kier molecular flexibility index (Phi) is 9.07. The van der Waals surface area contributed by atoms with Gasteiger partial charge in [-0.05, 0) is 36.8 Å². The first-order chi connectivity index (χ1) is 20.4. The van der Waals surface area contributed by atoms with Crippen LogP contribution >= 0.6 is 11.3 Å². The zero-order valence-electron chi connectivity index (χ0n) is 24.9. The highest BCUT2D eigenvalue weighted by atomic mass is 32.1. The molecule has 0 radical (unpaired) electrons. The van der Waals surface area contributed by atoms with Crippen molar-refractivity contribution in [1.82, 2.24) is 20.5 Å². The van der Waals surface area contributed by atoms with Crippen molar-refractivity contribution in [3.8, 4) is 16.2 Å². The second-order valence-electron chi connectivity index (χ2n) is 12.4. The van der Waals surface area contributed by atoms with Crippen molar-refractivity contribution >= 4 is 29.1 Å². The van der Waals surface area contributed by atoms with Gasteiger partial charge in [0.05, 0.1) is 35.4 Å². The van der Waals surface area contributed by atoms with Crippen LogP contribution in [0.4, 0.5) is 4.39 Å². The number of rotatable bonds is 10. The van der Waals surface area contributed by atoms with E-state index in [1.807, 2.05) is 25.1 Å². The molecule has 3 atom stereocenters. The minimum Gasteiger partial charge on any atom is -0.488 e. The molecule has 3 aliphatic rings. The highest BCUT2D eigenvalue weighted by molar-refractivity contribution is 7.13. The number of carbonyl (C=O) groups excluding carboxylic acids is 3. The Labute approximate surface area is 254 Å². The highest BCUT2D eigenvalue weighted by Gasteiger charge is 2.53. The zero-order chi connectivity index (χ0) is 30.9. The van der Waals surface area contributed by atoms with E-state index in [0.29, 0.717) is 24.5 Å². The molecule has 5 rings (SSSR count). The second-order valence-corrected chi connectivity index (χ2v) is 13.3. The molecule has 3 amide bonds. The molecule has 1 saturated carbocycles. The first kappa shape index (κ1) is 31.3. The van der Waals surface area contributed by atoms with E-state index in [-0.39, 0.29) is 39.0 Å².